The Kier molecular flexibility index (Phi) is 5.07. The molecule has 4 rings (SSSR count). The van der Waals surface area contributed by atoms with Crippen molar-refractivity contribution >= 4 is 33.3 Å². The van der Waals surface area contributed by atoms with E-state index in [4.69, 9.17) is 9.51 Å². The quantitative estimate of drug-likeness (QED) is 0.354. The van der Waals surface area contributed by atoms with Gasteiger partial charge in [0.05, 0.1) is 11.1 Å². The van der Waals surface area contributed by atoms with E-state index >= 15 is 0 Å². The van der Waals surface area contributed by atoms with Crippen LogP contribution >= 0.6 is 23.1 Å². The van der Waals surface area contributed by atoms with Crippen LogP contribution in [0.15, 0.2) is 38.1 Å². The maximum absolute atomic E-state index is 13.1. The predicted molar refractivity (Wildman–Crippen MR) is 113 cm³/mol. The van der Waals surface area contributed by atoms with E-state index in [1.807, 2.05) is 12.3 Å². The second-order valence-corrected chi connectivity index (χ2v) is 8.43. The van der Waals surface area contributed by atoms with Gasteiger partial charge in [-0.3, -0.25) is 9.36 Å². The van der Waals surface area contributed by atoms with Crippen molar-refractivity contribution in [2.75, 3.05) is 0 Å². The summed E-state index contributed by atoms with van der Waals surface area (Å²) >= 11 is 2.92. The summed E-state index contributed by atoms with van der Waals surface area (Å²) in [6.07, 6.45) is 0.729. The number of aromatic nitrogens is 4. The molecule has 3 heterocycles. The molecule has 28 heavy (non-hydrogen) atoms. The molecule has 0 spiro atoms. The highest BCUT2D eigenvalue weighted by Gasteiger charge is 2.17. The SMILES string of the molecule is CCc1noc(CSc2nc3scc(-c4ccc(C)c(C)c4)c3c(=O)n2C)n1. The van der Waals surface area contributed by atoms with E-state index < -0.39 is 0 Å². The Hall–Kier alpha value is -2.45. The van der Waals surface area contributed by atoms with Crippen LogP contribution in [0.1, 0.15) is 29.8 Å². The number of aryl methyl sites for hydroxylation is 3. The van der Waals surface area contributed by atoms with Crippen molar-refractivity contribution in [1.82, 2.24) is 19.7 Å². The lowest BCUT2D eigenvalue weighted by molar-refractivity contribution is 0.385. The van der Waals surface area contributed by atoms with Crippen LogP contribution < -0.4 is 5.56 Å². The molecule has 1 aromatic carbocycles. The molecule has 0 saturated heterocycles. The maximum Gasteiger partial charge on any atom is 0.263 e. The number of fused-ring (bicyclic) bond motifs is 1. The lowest BCUT2D eigenvalue weighted by Crippen LogP contribution is -2.19. The number of nitrogens with zero attached hydrogens (tertiary/aromatic N) is 4. The minimum absolute atomic E-state index is 0.0400. The van der Waals surface area contributed by atoms with Gasteiger partial charge in [0.25, 0.3) is 5.56 Å². The summed E-state index contributed by atoms with van der Waals surface area (Å²) in [5, 5.41) is 7.23. The van der Waals surface area contributed by atoms with E-state index in [1.54, 1.807) is 11.6 Å². The second-order valence-electron chi connectivity index (χ2n) is 6.63. The van der Waals surface area contributed by atoms with Crippen LogP contribution in [0, 0.1) is 13.8 Å². The summed E-state index contributed by atoms with van der Waals surface area (Å²) in [6.45, 7) is 6.15. The molecule has 0 amide bonds. The van der Waals surface area contributed by atoms with Crippen LogP contribution in [0.5, 0.6) is 0 Å². The minimum Gasteiger partial charge on any atom is -0.338 e. The zero-order valence-corrected chi connectivity index (χ0v) is 17.8. The first kappa shape index (κ1) is 18.9. The zero-order chi connectivity index (χ0) is 19.8. The average Bonchev–Trinajstić information content (AvgIpc) is 3.32. The van der Waals surface area contributed by atoms with E-state index in [0.29, 0.717) is 28.0 Å². The molecule has 0 unspecified atom stereocenters. The standard InChI is InChI=1S/C20H20N4O2S2/c1-5-15-21-16(26-23-15)10-28-20-22-18-17(19(25)24(20)4)14(9-27-18)13-7-6-11(2)12(3)8-13/h6-9H,5,10H2,1-4H3. The number of thiophene rings is 1. The molecular formula is C20H20N4O2S2. The Bertz CT molecular complexity index is 1220. The van der Waals surface area contributed by atoms with Gasteiger partial charge in [0, 0.05) is 24.4 Å². The molecule has 144 valence electrons. The van der Waals surface area contributed by atoms with Crippen LogP contribution in [0.2, 0.25) is 0 Å². The summed E-state index contributed by atoms with van der Waals surface area (Å²) in [6, 6.07) is 6.28. The summed E-state index contributed by atoms with van der Waals surface area (Å²) < 4.78 is 6.82. The van der Waals surface area contributed by atoms with Crippen molar-refractivity contribution in [3.05, 3.63) is 56.8 Å². The smallest absolute Gasteiger partial charge is 0.263 e. The van der Waals surface area contributed by atoms with Crippen LogP contribution in [-0.2, 0) is 19.2 Å². The van der Waals surface area contributed by atoms with Crippen molar-refractivity contribution in [3.63, 3.8) is 0 Å². The molecule has 6 nitrogen and oxygen atoms in total. The molecule has 0 bridgehead atoms. The topological polar surface area (TPSA) is 73.8 Å². The fourth-order valence-electron chi connectivity index (χ4n) is 2.92. The molecule has 8 heteroatoms. The lowest BCUT2D eigenvalue weighted by atomic mass is 10.0. The molecule has 0 atom stereocenters. The summed E-state index contributed by atoms with van der Waals surface area (Å²) in [5.41, 5.74) is 4.39. The first-order chi connectivity index (χ1) is 13.5. The van der Waals surface area contributed by atoms with Gasteiger partial charge in [0.15, 0.2) is 11.0 Å². The number of hydrogen-bond donors (Lipinski definition) is 0. The monoisotopic (exact) mass is 412 g/mol. The molecule has 0 fully saturated rings. The van der Waals surface area contributed by atoms with Crippen LogP contribution in [0.4, 0.5) is 0 Å². The summed E-state index contributed by atoms with van der Waals surface area (Å²) in [7, 11) is 1.75. The van der Waals surface area contributed by atoms with Gasteiger partial charge < -0.3 is 4.52 Å². The highest BCUT2D eigenvalue weighted by Crippen LogP contribution is 2.33. The van der Waals surface area contributed by atoms with Crippen LogP contribution in [0.3, 0.4) is 0 Å². The third kappa shape index (κ3) is 3.38. The van der Waals surface area contributed by atoms with Gasteiger partial charge in [-0.1, -0.05) is 42.0 Å². The Morgan fingerprint density at radius 1 is 1.21 bits per heavy atom. The van der Waals surface area contributed by atoms with Gasteiger partial charge in [-0.15, -0.1) is 11.3 Å². The molecule has 0 aliphatic carbocycles. The van der Waals surface area contributed by atoms with Crippen molar-refractivity contribution in [2.24, 2.45) is 7.05 Å². The van der Waals surface area contributed by atoms with E-state index in [1.165, 1.54) is 34.2 Å². The van der Waals surface area contributed by atoms with E-state index in [-0.39, 0.29) is 5.56 Å². The third-order valence-corrected chi connectivity index (χ3v) is 6.63. The molecule has 0 radical (unpaired) electrons. The van der Waals surface area contributed by atoms with Gasteiger partial charge >= 0.3 is 0 Å². The van der Waals surface area contributed by atoms with Crippen molar-refractivity contribution in [1.29, 1.82) is 0 Å². The fraction of sp³-hybridized carbons (Fsp3) is 0.300. The predicted octanol–water partition coefficient (Wildman–Crippen LogP) is 4.52. The number of thioether (sulfide) groups is 1. The third-order valence-electron chi connectivity index (χ3n) is 4.74. The summed E-state index contributed by atoms with van der Waals surface area (Å²) in [5.74, 6) is 1.70. The average molecular weight is 413 g/mol. The minimum atomic E-state index is -0.0400. The summed E-state index contributed by atoms with van der Waals surface area (Å²) in [4.78, 5) is 22.9. The largest absolute Gasteiger partial charge is 0.338 e. The molecule has 0 aliphatic rings. The Morgan fingerprint density at radius 3 is 2.75 bits per heavy atom. The number of benzene rings is 1. The highest BCUT2D eigenvalue weighted by atomic mass is 32.2. The van der Waals surface area contributed by atoms with E-state index in [0.717, 1.165) is 22.4 Å². The Balaban J connectivity index is 1.71. The van der Waals surface area contributed by atoms with E-state index in [9.17, 15) is 4.79 Å². The highest BCUT2D eigenvalue weighted by molar-refractivity contribution is 7.98. The van der Waals surface area contributed by atoms with E-state index in [2.05, 4.69) is 42.2 Å². The van der Waals surface area contributed by atoms with Crippen LogP contribution in [0.25, 0.3) is 21.3 Å². The fourth-order valence-corrected chi connectivity index (χ4v) is 4.72. The van der Waals surface area contributed by atoms with Crippen molar-refractivity contribution in [3.8, 4) is 11.1 Å². The lowest BCUT2D eigenvalue weighted by Gasteiger charge is -2.08. The normalized spacial score (nSPS) is 11.4. The first-order valence-electron chi connectivity index (χ1n) is 8.98. The van der Waals surface area contributed by atoms with Gasteiger partial charge in [-0.25, -0.2) is 4.98 Å². The molecule has 3 aromatic heterocycles. The molecule has 0 saturated carbocycles. The zero-order valence-electron chi connectivity index (χ0n) is 16.1. The van der Waals surface area contributed by atoms with Crippen molar-refractivity contribution < 1.29 is 4.52 Å². The Morgan fingerprint density at radius 2 is 2.04 bits per heavy atom. The Labute approximate surface area is 170 Å². The molecule has 0 N–H and O–H groups in total. The second kappa shape index (κ2) is 7.52. The maximum atomic E-state index is 13.1. The number of rotatable bonds is 5. The van der Waals surface area contributed by atoms with Gasteiger partial charge in [0.2, 0.25) is 5.89 Å². The van der Waals surface area contributed by atoms with Crippen LogP contribution in [-0.4, -0.2) is 19.7 Å². The van der Waals surface area contributed by atoms with Gasteiger partial charge in [0.1, 0.15) is 4.83 Å². The molecule has 4 aromatic rings. The molecular weight excluding hydrogens is 392 g/mol. The van der Waals surface area contributed by atoms with Gasteiger partial charge in [-0.05, 0) is 30.5 Å². The van der Waals surface area contributed by atoms with Gasteiger partial charge in [-0.2, -0.15) is 4.98 Å². The molecule has 0 aliphatic heterocycles. The first-order valence-corrected chi connectivity index (χ1v) is 10.8. The number of hydrogen-bond acceptors (Lipinski definition) is 7. The van der Waals surface area contributed by atoms with Crippen molar-refractivity contribution in [2.45, 2.75) is 38.1 Å².